The molecule has 0 spiro atoms. The smallest absolute Gasteiger partial charge is 0.229 e. The number of hydrogen-bond donors (Lipinski definition) is 1. The van der Waals surface area contributed by atoms with Crippen molar-refractivity contribution in [3.8, 4) is 0 Å². The number of nitrogens with zero attached hydrogens (tertiary/aromatic N) is 5. The number of aryl methyl sites for hydroxylation is 3. The summed E-state index contributed by atoms with van der Waals surface area (Å²) in [4.78, 5) is 31.2. The minimum atomic E-state index is 0.0513. The summed E-state index contributed by atoms with van der Waals surface area (Å²) in [6.07, 6.45) is 2.47. The summed E-state index contributed by atoms with van der Waals surface area (Å²) >= 11 is 6.18. The SMILES string of the molecule is Cc1cc2n(n1)CCC(=O)N2CCCC(=O)NCCCN1CCN(c2cc(Cl)ccc2C)CC1. The van der Waals surface area contributed by atoms with E-state index in [-0.39, 0.29) is 11.8 Å². The second-order valence-electron chi connectivity index (χ2n) is 9.23. The number of rotatable bonds is 9. The van der Waals surface area contributed by atoms with Gasteiger partial charge in [-0.2, -0.15) is 5.10 Å². The van der Waals surface area contributed by atoms with E-state index in [1.54, 1.807) is 4.90 Å². The lowest BCUT2D eigenvalue weighted by atomic mass is 10.1. The molecule has 2 aromatic rings. The quantitative estimate of drug-likeness (QED) is 0.551. The Labute approximate surface area is 206 Å². The first-order valence-corrected chi connectivity index (χ1v) is 12.6. The van der Waals surface area contributed by atoms with Gasteiger partial charge in [0, 0.05) is 68.9 Å². The topological polar surface area (TPSA) is 73.7 Å². The Bertz CT molecular complexity index is 1010. The largest absolute Gasteiger partial charge is 0.369 e. The van der Waals surface area contributed by atoms with Gasteiger partial charge in [0.05, 0.1) is 12.2 Å². The van der Waals surface area contributed by atoms with E-state index in [9.17, 15) is 9.59 Å². The molecule has 0 atom stereocenters. The average Bonchev–Trinajstić information content (AvgIpc) is 3.21. The van der Waals surface area contributed by atoms with Crippen molar-refractivity contribution in [1.82, 2.24) is 20.0 Å². The molecule has 8 nitrogen and oxygen atoms in total. The van der Waals surface area contributed by atoms with Gasteiger partial charge in [0.1, 0.15) is 5.82 Å². The number of piperazine rings is 1. The molecule has 2 amide bonds. The highest BCUT2D eigenvalue weighted by Gasteiger charge is 2.25. The molecule has 0 radical (unpaired) electrons. The van der Waals surface area contributed by atoms with Gasteiger partial charge in [-0.15, -0.1) is 0 Å². The monoisotopic (exact) mass is 486 g/mol. The highest BCUT2D eigenvalue weighted by atomic mass is 35.5. The molecule has 9 heteroatoms. The van der Waals surface area contributed by atoms with Crippen LogP contribution in [0.25, 0.3) is 0 Å². The lowest BCUT2D eigenvalue weighted by Crippen LogP contribution is -2.47. The number of amides is 2. The first kappa shape index (κ1) is 24.5. The van der Waals surface area contributed by atoms with Gasteiger partial charge in [-0.05, 0) is 50.9 Å². The predicted octanol–water partition coefficient (Wildman–Crippen LogP) is 3.00. The normalized spacial score (nSPS) is 16.6. The number of halogens is 1. The van der Waals surface area contributed by atoms with Crippen molar-refractivity contribution in [2.75, 3.05) is 55.6 Å². The summed E-state index contributed by atoms with van der Waals surface area (Å²) in [7, 11) is 0. The minimum Gasteiger partial charge on any atom is -0.369 e. The van der Waals surface area contributed by atoms with Gasteiger partial charge in [0.25, 0.3) is 0 Å². The molecule has 3 heterocycles. The van der Waals surface area contributed by atoms with Crippen LogP contribution in [0.3, 0.4) is 0 Å². The van der Waals surface area contributed by atoms with E-state index in [0.717, 1.165) is 55.7 Å². The molecule has 1 saturated heterocycles. The van der Waals surface area contributed by atoms with Crippen molar-refractivity contribution in [2.45, 2.75) is 46.1 Å². The molecular weight excluding hydrogens is 452 g/mol. The van der Waals surface area contributed by atoms with Gasteiger partial charge in [0.2, 0.25) is 11.8 Å². The van der Waals surface area contributed by atoms with Crippen molar-refractivity contribution in [1.29, 1.82) is 0 Å². The van der Waals surface area contributed by atoms with Crippen LogP contribution in [0.2, 0.25) is 5.02 Å². The van der Waals surface area contributed by atoms with Gasteiger partial charge >= 0.3 is 0 Å². The van der Waals surface area contributed by atoms with Crippen LogP contribution in [-0.2, 0) is 16.1 Å². The lowest BCUT2D eigenvalue weighted by Gasteiger charge is -2.37. The van der Waals surface area contributed by atoms with E-state index in [0.29, 0.717) is 38.9 Å². The van der Waals surface area contributed by atoms with Gasteiger partial charge in [-0.1, -0.05) is 17.7 Å². The fourth-order valence-electron chi connectivity index (χ4n) is 4.77. The Morgan fingerprint density at radius 1 is 1.06 bits per heavy atom. The average molecular weight is 487 g/mol. The molecule has 0 saturated carbocycles. The second kappa shape index (κ2) is 11.2. The summed E-state index contributed by atoms with van der Waals surface area (Å²) in [5.74, 6) is 1.01. The van der Waals surface area contributed by atoms with E-state index in [4.69, 9.17) is 11.6 Å². The number of aromatic nitrogens is 2. The summed E-state index contributed by atoms with van der Waals surface area (Å²) < 4.78 is 1.88. The Kier molecular flexibility index (Phi) is 8.11. The van der Waals surface area contributed by atoms with E-state index in [1.807, 2.05) is 23.7 Å². The molecule has 1 N–H and O–H groups in total. The van der Waals surface area contributed by atoms with Crippen molar-refractivity contribution >= 4 is 34.9 Å². The summed E-state index contributed by atoms with van der Waals surface area (Å²) in [6.45, 7) is 10.9. The van der Waals surface area contributed by atoms with Gasteiger partial charge in [0.15, 0.2) is 0 Å². The van der Waals surface area contributed by atoms with Crippen molar-refractivity contribution in [3.05, 3.63) is 40.5 Å². The fourth-order valence-corrected chi connectivity index (χ4v) is 4.94. The number of carbonyl (C=O) groups is 2. The third-order valence-corrected chi connectivity index (χ3v) is 6.87. The molecule has 184 valence electrons. The van der Waals surface area contributed by atoms with Crippen LogP contribution in [0.1, 0.15) is 36.9 Å². The van der Waals surface area contributed by atoms with E-state index in [2.05, 4.69) is 39.3 Å². The van der Waals surface area contributed by atoms with Crippen LogP contribution in [-0.4, -0.2) is 72.3 Å². The van der Waals surface area contributed by atoms with Crippen molar-refractivity contribution in [3.63, 3.8) is 0 Å². The number of hydrogen-bond acceptors (Lipinski definition) is 5. The molecule has 1 aromatic carbocycles. The van der Waals surface area contributed by atoms with Crippen LogP contribution in [0.4, 0.5) is 11.5 Å². The van der Waals surface area contributed by atoms with Gasteiger partial charge in [-0.3, -0.25) is 19.4 Å². The molecule has 0 aliphatic carbocycles. The molecular formula is C25H35ClN6O2. The Morgan fingerprint density at radius 3 is 2.65 bits per heavy atom. The summed E-state index contributed by atoms with van der Waals surface area (Å²) in [6, 6.07) is 8.01. The second-order valence-corrected chi connectivity index (χ2v) is 9.67. The molecule has 1 fully saturated rings. The molecule has 0 bridgehead atoms. The first-order valence-electron chi connectivity index (χ1n) is 12.3. The maximum Gasteiger partial charge on any atom is 0.229 e. The number of fused-ring (bicyclic) bond motifs is 1. The Balaban J connectivity index is 1.10. The lowest BCUT2D eigenvalue weighted by molar-refractivity contribution is -0.122. The highest BCUT2D eigenvalue weighted by molar-refractivity contribution is 6.30. The molecule has 4 rings (SSSR count). The summed E-state index contributed by atoms with van der Waals surface area (Å²) in [5, 5.41) is 8.24. The number of nitrogens with one attached hydrogen (secondary N) is 1. The molecule has 34 heavy (non-hydrogen) atoms. The van der Waals surface area contributed by atoms with Crippen LogP contribution >= 0.6 is 11.6 Å². The van der Waals surface area contributed by atoms with E-state index >= 15 is 0 Å². The zero-order valence-electron chi connectivity index (χ0n) is 20.2. The van der Waals surface area contributed by atoms with Crippen molar-refractivity contribution < 1.29 is 9.59 Å². The maximum absolute atomic E-state index is 12.3. The fraction of sp³-hybridized carbons (Fsp3) is 0.560. The molecule has 0 unspecified atom stereocenters. The van der Waals surface area contributed by atoms with Crippen LogP contribution in [0.5, 0.6) is 0 Å². The van der Waals surface area contributed by atoms with Crippen LogP contribution in [0.15, 0.2) is 24.3 Å². The minimum absolute atomic E-state index is 0.0513. The maximum atomic E-state index is 12.3. The number of benzene rings is 1. The Hall–Kier alpha value is -2.58. The van der Waals surface area contributed by atoms with Gasteiger partial charge in [-0.25, -0.2) is 4.68 Å². The third-order valence-electron chi connectivity index (χ3n) is 6.64. The Morgan fingerprint density at radius 2 is 1.85 bits per heavy atom. The first-order chi connectivity index (χ1) is 16.4. The molecule has 2 aliphatic rings. The zero-order valence-corrected chi connectivity index (χ0v) is 21.0. The standard InChI is InChI=1S/C25H35ClN6O2/c1-19-6-7-21(26)18-22(19)30-15-13-29(14-16-30)10-4-9-27-23(33)5-3-11-31-24-17-20(2)28-32(24)12-8-25(31)34/h6-7,17-18H,3-5,8-16H2,1-2H3,(H,27,33). The number of carbonyl (C=O) groups excluding carboxylic acids is 2. The van der Waals surface area contributed by atoms with Crippen LogP contribution < -0.4 is 15.1 Å². The molecule has 1 aromatic heterocycles. The van der Waals surface area contributed by atoms with E-state index < -0.39 is 0 Å². The third kappa shape index (κ3) is 6.10. The number of anilines is 2. The van der Waals surface area contributed by atoms with Crippen molar-refractivity contribution in [2.24, 2.45) is 0 Å². The highest BCUT2D eigenvalue weighted by Crippen LogP contribution is 2.25. The van der Waals surface area contributed by atoms with E-state index in [1.165, 1.54) is 11.3 Å². The van der Waals surface area contributed by atoms with Crippen LogP contribution in [0, 0.1) is 13.8 Å². The van der Waals surface area contributed by atoms with Gasteiger partial charge < -0.3 is 10.2 Å². The predicted molar refractivity (Wildman–Crippen MR) is 136 cm³/mol. The summed E-state index contributed by atoms with van der Waals surface area (Å²) in [5.41, 5.74) is 3.39. The zero-order chi connectivity index (χ0) is 24.1. The molecule has 2 aliphatic heterocycles.